The average Bonchev–Trinajstić information content (AvgIpc) is 2.39. The van der Waals surface area contributed by atoms with Crippen LogP contribution in [0.2, 0.25) is 0 Å². The standard InChI is InChI=1S/C13H19N3S/c1-2-10-5-4-8-16(9-10)13-11(12(14)17)6-3-7-15-13/h3,6-7,10H,2,4-5,8-9H2,1H3,(H2,14,17). The number of thiocarbonyl (C=S) groups is 1. The third-order valence-corrected chi connectivity index (χ3v) is 3.67. The Morgan fingerprint density at radius 3 is 3.18 bits per heavy atom. The molecule has 1 aromatic heterocycles. The molecule has 1 aliphatic heterocycles. The number of aromatic nitrogens is 1. The van der Waals surface area contributed by atoms with Crippen LogP contribution in [-0.4, -0.2) is 23.1 Å². The van der Waals surface area contributed by atoms with E-state index in [0.29, 0.717) is 4.99 Å². The molecule has 0 saturated carbocycles. The maximum absolute atomic E-state index is 5.75. The highest BCUT2D eigenvalue weighted by molar-refractivity contribution is 7.80. The molecule has 1 fully saturated rings. The zero-order valence-corrected chi connectivity index (χ0v) is 11.0. The minimum Gasteiger partial charge on any atom is -0.389 e. The van der Waals surface area contributed by atoms with Gasteiger partial charge in [-0.2, -0.15) is 0 Å². The summed E-state index contributed by atoms with van der Waals surface area (Å²) in [6.45, 7) is 4.38. The van der Waals surface area contributed by atoms with Crippen molar-refractivity contribution in [3.8, 4) is 0 Å². The van der Waals surface area contributed by atoms with E-state index in [1.165, 1.54) is 19.3 Å². The SMILES string of the molecule is CCC1CCCN(c2ncccc2C(N)=S)C1. The van der Waals surface area contributed by atoms with Crippen molar-refractivity contribution in [2.24, 2.45) is 11.7 Å². The molecule has 1 aliphatic rings. The van der Waals surface area contributed by atoms with Gasteiger partial charge in [0, 0.05) is 19.3 Å². The van der Waals surface area contributed by atoms with Crippen LogP contribution in [0.5, 0.6) is 0 Å². The molecule has 0 spiro atoms. The first kappa shape index (κ1) is 12.3. The summed E-state index contributed by atoms with van der Waals surface area (Å²) in [5.41, 5.74) is 6.66. The van der Waals surface area contributed by atoms with Gasteiger partial charge in [-0.05, 0) is 30.9 Å². The number of anilines is 1. The summed E-state index contributed by atoms with van der Waals surface area (Å²) in [6, 6.07) is 3.85. The van der Waals surface area contributed by atoms with Crippen molar-refractivity contribution in [1.82, 2.24) is 4.98 Å². The molecule has 0 bridgehead atoms. The molecule has 17 heavy (non-hydrogen) atoms. The van der Waals surface area contributed by atoms with Gasteiger partial charge >= 0.3 is 0 Å². The van der Waals surface area contributed by atoms with Gasteiger partial charge in [0.05, 0.1) is 5.56 Å². The Balaban J connectivity index is 2.24. The number of nitrogens with two attached hydrogens (primary N) is 1. The summed E-state index contributed by atoms with van der Waals surface area (Å²) in [5.74, 6) is 1.73. The first-order valence-electron chi connectivity index (χ1n) is 6.22. The Hall–Kier alpha value is -1.16. The van der Waals surface area contributed by atoms with Crippen molar-refractivity contribution in [3.63, 3.8) is 0 Å². The molecule has 2 rings (SSSR count). The van der Waals surface area contributed by atoms with Gasteiger partial charge in [0.15, 0.2) is 0 Å². The summed E-state index contributed by atoms with van der Waals surface area (Å²) in [7, 11) is 0. The molecule has 92 valence electrons. The third-order valence-electron chi connectivity index (χ3n) is 3.45. The van der Waals surface area contributed by atoms with Crippen LogP contribution in [0.15, 0.2) is 18.3 Å². The zero-order valence-electron chi connectivity index (χ0n) is 10.2. The predicted molar refractivity (Wildman–Crippen MR) is 75.4 cm³/mol. The van der Waals surface area contributed by atoms with Gasteiger partial charge in [-0.15, -0.1) is 0 Å². The van der Waals surface area contributed by atoms with Crippen LogP contribution >= 0.6 is 12.2 Å². The minimum absolute atomic E-state index is 0.437. The number of pyridine rings is 1. The molecule has 4 heteroatoms. The number of piperidine rings is 1. The van der Waals surface area contributed by atoms with Gasteiger partial charge < -0.3 is 10.6 Å². The van der Waals surface area contributed by atoms with E-state index in [1.807, 2.05) is 18.3 Å². The first-order valence-corrected chi connectivity index (χ1v) is 6.63. The number of hydrogen-bond acceptors (Lipinski definition) is 3. The quantitative estimate of drug-likeness (QED) is 0.835. The lowest BCUT2D eigenvalue weighted by Crippen LogP contribution is -2.37. The van der Waals surface area contributed by atoms with Crippen LogP contribution in [0.4, 0.5) is 5.82 Å². The number of nitrogens with zero attached hydrogens (tertiary/aromatic N) is 2. The van der Waals surface area contributed by atoms with Gasteiger partial charge in [0.1, 0.15) is 10.8 Å². The molecule has 1 aromatic rings. The van der Waals surface area contributed by atoms with E-state index >= 15 is 0 Å². The normalized spacial score (nSPS) is 20.3. The maximum Gasteiger partial charge on any atom is 0.138 e. The molecule has 0 radical (unpaired) electrons. The highest BCUT2D eigenvalue weighted by Crippen LogP contribution is 2.25. The van der Waals surface area contributed by atoms with Crippen molar-refractivity contribution in [1.29, 1.82) is 0 Å². The van der Waals surface area contributed by atoms with Crippen LogP contribution in [0.1, 0.15) is 31.7 Å². The lowest BCUT2D eigenvalue weighted by atomic mass is 9.95. The summed E-state index contributed by atoms with van der Waals surface area (Å²) in [6.07, 6.45) is 5.59. The van der Waals surface area contributed by atoms with Gasteiger partial charge in [0.2, 0.25) is 0 Å². The van der Waals surface area contributed by atoms with Gasteiger partial charge in [-0.3, -0.25) is 0 Å². The number of rotatable bonds is 3. The van der Waals surface area contributed by atoms with E-state index in [9.17, 15) is 0 Å². The van der Waals surface area contributed by atoms with Gasteiger partial charge in [-0.1, -0.05) is 25.6 Å². The molecule has 2 heterocycles. The Bertz CT molecular complexity index is 405. The van der Waals surface area contributed by atoms with Crippen molar-refractivity contribution in [3.05, 3.63) is 23.9 Å². The van der Waals surface area contributed by atoms with E-state index in [4.69, 9.17) is 18.0 Å². The van der Waals surface area contributed by atoms with Crippen LogP contribution in [0, 0.1) is 5.92 Å². The second-order valence-corrected chi connectivity index (χ2v) is 5.04. The largest absolute Gasteiger partial charge is 0.389 e. The molecule has 0 aliphatic carbocycles. The predicted octanol–water partition coefficient (Wildman–Crippen LogP) is 2.34. The molecule has 0 aromatic carbocycles. The van der Waals surface area contributed by atoms with Crippen molar-refractivity contribution >= 4 is 23.0 Å². The van der Waals surface area contributed by atoms with E-state index in [0.717, 1.165) is 30.4 Å². The van der Waals surface area contributed by atoms with Gasteiger partial charge in [0.25, 0.3) is 0 Å². The van der Waals surface area contributed by atoms with E-state index in [1.54, 1.807) is 0 Å². The second kappa shape index (κ2) is 5.45. The Labute approximate surface area is 108 Å². The second-order valence-electron chi connectivity index (χ2n) is 4.60. The molecule has 3 nitrogen and oxygen atoms in total. The first-order chi connectivity index (χ1) is 8.22. The van der Waals surface area contributed by atoms with Crippen molar-refractivity contribution < 1.29 is 0 Å². The molecule has 1 saturated heterocycles. The van der Waals surface area contributed by atoms with Crippen LogP contribution in [0.25, 0.3) is 0 Å². The van der Waals surface area contributed by atoms with Crippen molar-refractivity contribution in [2.45, 2.75) is 26.2 Å². The summed E-state index contributed by atoms with van der Waals surface area (Å²) in [5, 5.41) is 0. The average molecular weight is 249 g/mol. The minimum atomic E-state index is 0.437. The molecular weight excluding hydrogens is 230 g/mol. The Kier molecular flexibility index (Phi) is 3.94. The van der Waals surface area contributed by atoms with Crippen molar-refractivity contribution in [2.75, 3.05) is 18.0 Å². The third kappa shape index (κ3) is 2.75. The molecule has 0 amide bonds. The van der Waals surface area contributed by atoms with E-state index in [2.05, 4.69) is 16.8 Å². The van der Waals surface area contributed by atoms with Gasteiger partial charge in [-0.25, -0.2) is 4.98 Å². The van der Waals surface area contributed by atoms with Crippen LogP contribution < -0.4 is 10.6 Å². The highest BCUT2D eigenvalue weighted by atomic mass is 32.1. The fraction of sp³-hybridized carbons (Fsp3) is 0.538. The van der Waals surface area contributed by atoms with E-state index in [-0.39, 0.29) is 0 Å². The smallest absolute Gasteiger partial charge is 0.138 e. The molecule has 2 N–H and O–H groups in total. The fourth-order valence-corrected chi connectivity index (χ4v) is 2.59. The zero-order chi connectivity index (χ0) is 12.3. The molecular formula is C13H19N3S. The lowest BCUT2D eigenvalue weighted by molar-refractivity contribution is 0.403. The number of hydrogen-bond donors (Lipinski definition) is 1. The molecule has 1 unspecified atom stereocenters. The molecule has 1 atom stereocenters. The summed E-state index contributed by atoms with van der Waals surface area (Å²) < 4.78 is 0. The van der Waals surface area contributed by atoms with Crippen LogP contribution in [-0.2, 0) is 0 Å². The fourth-order valence-electron chi connectivity index (χ4n) is 2.43. The topological polar surface area (TPSA) is 42.2 Å². The Morgan fingerprint density at radius 2 is 2.47 bits per heavy atom. The highest BCUT2D eigenvalue weighted by Gasteiger charge is 2.21. The van der Waals surface area contributed by atoms with Crippen LogP contribution in [0.3, 0.4) is 0 Å². The monoisotopic (exact) mass is 249 g/mol. The summed E-state index contributed by atoms with van der Waals surface area (Å²) >= 11 is 5.09. The summed E-state index contributed by atoms with van der Waals surface area (Å²) in [4.78, 5) is 7.21. The maximum atomic E-state index is 5.75. The Morgan fingerprint density at radius 1 is 1.65 bits per heavy atom. The van der Waals surface area contributed by atoms with E-state index < -0.39 is 0 Å². The lowest BCUT2D eigenvalue weighted by Gasteiger charge is -2.34.